The fourth-order valence-corrected chi connectivity index (χ4v) is 1.42. The summed E-state index contributed by atoms with van der Waals surface area (Å²) in [7, 11) is 1.01. The van der Waals surface area contributed by atoms with Crippen molar-refractivity contribution in [3.8, 4) is 0 Å². The monoisotopic (exact) mass is 313 g/mol. The Balaban J connectivity index is 0.000000534. The molecule has 1 aromatic carbocycles. The van der Waals surface area contributed by atoms with Gasteiger partial charge in [0.15, 0.2) is 0 Å². The number of carboxylic acids is 2. The van der Waals surface area contributed by atoms with E-state index in [0.717, 1.165) is 18.2 Å². The molecule has 0 spiro atoms. The van der Waals surface area contributed by atoms with Crippen LogP contribution in [0, 0.1) is 0 Å². The van der Waals surface area contributed by atoms with Crippen LogP contribution in [0.2, 0.25) is 0 Å². The van der Waals surface area contributed by atoms with Gasteiger partial charge in [-0.25, -0.2) is 9.59 Å². The highest BCUT2D eigenvalue weighted by molar-refractivity contribution is 6.28. The number of aliphatic hydroxyl groups excluding tert-OH is 1. The minimum atomic E-state index is -1.57. The molecule has 122 valence electrons. The Morgan fingerprint density at radius 3 is 2.27 bits per heavy atom. The van der Waals surface area contributed by atoms with Gasteiger partial charge in [0.2, 0.25) is 0 Å². The molecule has 0 aliphatic rings. The summed E-state index contributed by atoms with van der Waals surface area (Å²) in [6, 6.07) is 7.42. The number of esters is 1. The van der Waals surface area contributed by atoms with Crippen LogP contribution in [0.25, 0.3) is 0 Å². The molecule has 0 heterocycles. The van der Waals surface area contributed by atoms with Crippen molar-refractivity contribution in [2.75, 3.05) is 20.3 Å². The van der Waals surface area contributed by atoms with Crippen molar-refractivity contribution >= 4 is 17.9 Å². The lowest BCUT2D eigenvalue weighted by Crippen LogP contribution is -2.17. The smallest absolute Gasteiger partial charge is 0.417 e. The van der Waals surface area contributed by atoms with E-state index in [2.05, 4.69) is 10.1 Å². The number of carbonyl (C=O) groups is 3. The summed E-state index contributed by atoms with van der Waals surface area (Å²) >= 11 is 0. The number of benzene rings is 1. The van der Waals surface area contributed by atoms with E-state index < -0.39 is 17.9 Å². The van der Waals surface area contributed by atoms with Gasteiger partial charge in [0.25, 0.3) is 0 Å². The largest absolute Gasteiger partial charge is 0.481 e. The van der Waals surface area contributed by atoms with Crippen LogP contribution >= 0.6 is 0 Å². The van der Waals surface area contributed by atoms with Crippen LogP contribution < -0.4 is 5.32 Å². The van der Waals surface area contributed by atoms with Crippen LogP contribution in [-0.4, -0.2) is 53.5 Å². The maximum absolute atomic E-state index is 10.5. The lowest BCUT2D eigenvalue weighted by Gasteiger charge is -2.04. The van der Waals surface area contributed by atoms with Crippen LogP contribution in [0.4, 0.5) is 0 Å². The molecule has 0 saturated heterocycles. The van der Waals surface area contributed by atoms with E-state index in [4.69, 9.17) is 15.3 Å². The van der Waals surface area contributed by atoms with Gasteiger partial charge in [-0.3, -0.25) is 4.79 Å². The average Bonchev–Trinajstić information content (AvgIpc) is 2.47. The van der Waals surface area contributed by atoms with Gasteiger partial charge in [0.1, 0.15) is 0 Å². The van der Waals surface area contributed by atoms with Crippen molar-refractivity contribution in [2.45, 2.75) is 13.0 Å². The molecule has 0 aliphatic heterocycles. The summed E-state index contributed by atoms with van der Waals surface area (Å²) in [5, 5.41) is 27.9. The molecule has 0 amide bonds. The Kier molecular flexibility index (Phi) is 9.98. The molecule has 0 bridgehead atoms. The second kappa shape index (κ2) is 11.2. The fourth-order valence-electron chi connectivity index (χ4n) is 1.42. The third-order valence-corrected chi connectivity index (χ3v) is 2.32. The van der Waals surface area contributed by atoms with Gasteiger partial charge in [0, 0.05) is 13.1 Å². The summed E-state index contributed by atoms with van der Waals surface area (Å²) in [5.41, 5.74) is 1.83. The van der Waals surface area contributed by atoms with Gasteiger partial charge in [0.05, 0.1) is 20.1 Å². The molecular formula is C14H19NO7. The molecule has 0 aromatic heterocycles. The predicted molar refractivity (Wildman–Crippen MR) is 76.2 cm³/mol. The molecule has 22 heavy (non-hydrogen) atoms. The van der Waals surface area contributed by atoms with Crippen LogP contribution in [-0.2, 0) is 32.1 Å². The highest BCUT2D eigenvalue weighted by Crippen LogP contribution is 2.05. The number of nitrogens with one attached hydrogen (secondary N) is 1. The molecule has 4 N–H and O–H groups in total. The lowest BCUT2D eigenvalue weighted by atomic mass is 10.1. The maximum atomic E-state index is 10.5. The number of carboxylic acid groups (broad SMARTS) is 2. The third-order valence-electron chi connectivity index (χ3n) is 2.32. The van der Waals surface area contributed by atoms with Crippen LogP contribution in [0.15, 0.2) is 24.3 Å². The molecule has 0 aliphatic carbocycles. The summed E-state index contributed by atoms with van der Waals surface area (Å²) < 4.78 is 3.77. The van der Waals surface area contributed by atoms with Crippen LogP contribution in [0.3, 0.4) is 0 Å². The van der Waals surface area contributed by atoms with Gasteiger partial charge < -0.3 is 25.4 Å². The highest BCUT2D eigenvalue weighted by atomic mass is 16.5. The molecule has 0 saturated carbocycles. The van der Waals surface area contributed by atoms with Gasteiger partial charge in [-0.15, -0.1) is 0 Å². The summed E-state index contributed by atoms with van der Waals surface area (Å²) in [4.78, 5) is 29.6. The summed E-state index contributed by atoms with van der Waals surface area (Å²) in [5.74, 6) is -3.63. The van der Waals surface area contributed by atoms with Crippen LogP contribution in [0.1, 0.15) is 11.1 Å². The molecule has 0 unspecified atom stereocenters. The zero-order valence-electron chi connectivity index (χ0n) is 12.1. The summed E-state index contributed by atoms with van der Waals surface area (Å²) in [6.45, 7) is 1.30. The van der Waals surface area contributed by atoms with Crippen molar-refractivity contribution in [1.29, 1.82) is 0 Å². The first-order valence-corrected chi connectivity index (χ1v) is 6.33. The van der Waals surface area contributed by atoms with E-state index in [9.17, 15) is 14.4 Å². The number of carbonyl (C=O) groups excluding carboxylic acids is 1. The second-order valence-electron chi connectivity index (χ2n) is 4.09. The fraction of sp³-hybridized carbons (Fsp3) is 0.357. The minimum Gasteiger partial charge on any atom is -0.481 e. The molecule has 1 rings (SSSR count). The van der Waals surface area contributed by atoms with Gasteiger partial charge >= 0.3 is 17.9 Å². The molecule has 1 aromatic rings. The molecule has 8 heteroatoms. The van der Waals surface area contributed by atoms with Crippen molar-refractivity contribution in [3.63, 3.8) is 0 Å². The van der Waals surface area contributed by atoms with Crippen molar-refractivity contribution in [2.24, 2.45) is 0 Å². The third kappa shape index (κ3) is 9.45. The number of methoxy groups -OCH3 is 1. The minimum absolute atomic E-state index is 0.0494. The number of rotatable bonds is 6. The molecule has 0 atom stereocenters. The molecule has 0 fully saturated rings. The Labute approximate surface area is 127 Å². The Hall–Kier alpha value is -2.45. The first-order valence-electron chi connectivity index (χ1n) is 6.33. The highest BCUT2D eigenvalue weighted by Gasteiger charge is 2.08. The van der Waals surface area contributed by atoms with Gasteiger partial charge in [-0.05, 0) is 11.1 Å². The Morgan fingerprint density at radius 2 is 1.82 bits per heavy atom. The van der Waals surface area contributed by atoms with Crippen molar-refractivity contribution in [3.05, 3.63) is 35.4 Å². The average molecular weight is 313 g/mol. The Bertz CT molecular complexity index is 502. The lowest BCUT2D eigenvalue weighted by molar-refractivity contribution is -0.161. The normalized spacial score (nSPS) is 9.36. The van der Waals surface area contributed by atoms with E-state index in [1.165, 1.54) is 0 Å². The molecule has 0 radical (unpaired) electrons. The number of aliphatic carboxylic acids is 2. The number of hydrogen-bond donors (Lipinski definition) is 4. The first kappa shape index (κ1) is 19.6. The van der Waals surface area contributed by atoms with Crippen molar-refractivity contribution < 1.29 is 34.4 Å². The number of hydrogen-bond acceptors (Lipinski definition) is 6. The van der Waals surface area contributed by atoms with E-state index in [1.807, 2.05) is 18.2 Å². The SMILES string of the molecule is COC(=O)C(=O)O.O=C(O)Cc1cccc(CNCCO)c1. The van der Waals surface area contributed by atoms with E-state index in [0.29, 0.717) is 13.1 Å². The molecular weight excluding hydrogens is 294 g/mol. The standard InChI is InChI=1S/C11H15NO3.C3H4O4/c13-5-4-12-8-10-3-1-2-9(6-10)7-11(14)15;1-7-3(6)2(4)5/h1-3,6,12-13H,4-5,7-8H2,(H,14,15);1H3,(H,4,5). The first-order chi connectivity index (χ1) is 10.4. The van der Waals surface area contributed by atoms with E-state index in [1.54, 1.807) is 6.07 Å². The van der Waals surface area contributed by atoms with Gasteiger partial charge in [-0.1, -0.05) is 24.3 Å². The van der Waals surface area contributed by atoms with Crippen LogP contribution in [0.5, 0.6) is 0 Å². The summed E-state index contributed by atoms with van der Waals surface area (Å²) in [6.07, 6.45) is 0.0494. The zero-order chi connectivity index (χ0) is 17.0. The topological polar surface area (TPSA) is 133 Å². The zero-order valence-corrected chi connectivity index (χ0v) is 12.1. The van der Waals surface area contributed by atoms with E-state index in [-0.39, 0.29) is 13.0 Å². The van der Waals surface area contributed by atoms with Gasteiger partial charge in [-0.2, -0.15) is 0 Å². The van der Waals surface area contributed by atoms with E-state index >= 15 is 0 Å². The Morgan fingerprint density at radius 1 is 1.18 bits per heavy atom. The quantitative estimate of drug-likeness (QED) is 0.318. The number of aliphatic hydroxyl groups is 1. The second-order valence-corrected chi connectivity index (χ2v) is 4.09. The maximum Gasteiger partial charge on any atom is 0.417 e. The predicted octanol–water partition coefficient (Wildman–Crippen LogP) is -0.360. The van der Waals surface area contributed by atoms with Crippen molar-refractivity contribution in [1.82, 2.24) is 5.32 Å². The molecule has 8 nitrogen and oxygen atoms in total. The number of ether oxygens (including phenoxy) is 1.